The minimum atomic E-state index is -0.416. The van der Waals surface area contributed by atoms with Gasteiger partial charge in [-0.2, -0.15) is 0 Å². The molecule has 5 heteroatoms. The van der Waals surface area contributed by atoms with Crippen molar-refractivity contribution >= 4 is 11.6 Å². The summed E-state index contributed by atoms with van der Waals surface area (Å²) < 4.78 is 0. The minimum absolute atomic E-state index is 0.0701. The lowest BCUT2D eigenvalue weighted by Crippen LogP contribution is -2.35. The Morgan fingerprint density at radius 2 is 2.00 bits per heavy atom. The number of hydrogen-bond donors (Lipinski definition) is 3. The maximum atomic E-state index is 12.1. The summed E-state index contributed by atoms with van der Waals surface area (Å²) in [6, 6.07) is 7.81. The maximum absolute atomic E-state index is 12.1. The van der Waals surface area contributed by atoms with E-state index in [4.69, 9.17) is 0 Å². The quantitative estimate of drug-likeness (QED) is 0.789. The van der Waals surface area contributed by atoms with Crippen molar-refractivity contribution in [2.75, 3.05) is 25.0 Å². The molecule has 3 rings (SSSR count). The van der Waals surface area contributed by atoms with Gasteiger partial charge in [0.05, 0.1) is 12.1 Å². The number of anilines is 1. The Kier molecular flexibility index (Phi) is 5.30. The standard InChI is InChI=1S/C18H27N3O2/c1-13-6-8-21(9-7-13)12-14-2-4-15(5-3-14)20-18(23)17-10-16(22)11-19-17/h2-5,13,16-17,19,22H,6-12H2,1H3,(H,20,23). The fraction of sp³-hybridized carbons (Fsp3) is 0.611. The number of amides is 1. The van der Waals surface area contributed by atoms with E-state index in [1.165, 1.54) is 31.5 Å². The van der Waals surface area contributed by atoms with Crippen LogP contribution in [0.2, 0.25) is 0 Å². The molecule has 0 saturated carbocycles. The predicted molar refractivity (Wildman–Crippen MR) is 91.2 cm³/mol. The van der Waals surface area contributed by atoms with E-state index in [1.807, 2.05) is 12.1 Å². The number of nitrogens with zero attached hydrogens (tertiary/aromatic N) is 1. The second kappa shape index (κ2) is 7.43. The van der Waals surface area contributed by atoms with Crippen LogP contribution >= 0.6 is 0 Å². The summed E-state index contributed by atoms with van der Waals surface area (Å²) in [7, 11) is 0. The van der Waals surface area contributed by atoms with Gasteiger partial charge >= 0.3 is 0 Å². The Morgan fingerprint density at radius 1 is 1.30 bits per heavy atom. The van der Waals surface area contributed by atoms with Crippen LogP contribution < -0.4 is 10.6 Å². The zero-order chi connectivity index (χ0) is 16.2. The smallest absolute Gasteiger partial charge is 0.241 e. The Hall–Kier alpha value is -1.43. The molecule has 126 valence electrons. The number of aliphatic hydroxyl groups is 1. The molecule has 0 aromatic heterocycles. The van der Waals surface area contributed by atoms with Crippen LogP contribution in [0, 0.1) is 5.92 Å². The van der Waals surface area contributed by atoms with Gasteiger partial charge in [0.2, 0.25) is 5.91 Å². The second-order valence-electron chi connectivity index (χ2n) is 7.00. The molecular weight excluding hydrogens is 290 g/mol. The Bertz CT molecular complexity index is 524. The summed E-state index contributed by atoms with van der Waals surface area (Å²) in [4.78, 5) is 14.6. The number of carbonyl (C=O) groups is 1. The minimum Gasteiger partial charge on any atom is -0.392 e. The van der Waals surface area contributed by atoms with Crippen molar-refractivity contribution in [3.8, 4) is 0 Å². The van der Waals surface area contributed by atoms with Gasteiger partial charge in [-0.1, -0.05) is 19.1 Å². The number of rotatable bonds is 4. The van der Waals surface area contributed by atoms with Crippen LogP contribution in [-0.2, 0) is 11.3 Å². The van der Waals surface area contributed by atoms with E-state index in [9.17, 15) is 9.90 Å². The lowest BCUT2D eigenvalue weighted by atomic mass is 9.99. The van der Waals surface area contributed by atoms with E-state index in [2.05, 4.69) is 34.6 Å². The molecule has 1 amide bonds. The average molecular weight is 317 g/mol. The maximum Gasteiger partial charge on any atom is 0.241 e. The molecule has 2 saturated heterocycles. The van der Waals surface area contributed by atoms with Gasteiger partial charge in [0, 0.05) is 18.8 Å². The second-order valence-corrected chi connectivity index (χ2v) is 7.00. The van der Waals surface area contributed by atoms with Gasteiger partial charge in [0.25, 0.3) is 0 Å². The first-order chi connectivity index (χ1) is 11.1. The van der Waals surface area contributed by atoms with Crippen LogP contribution in [-0.4, -0.2) is 47.7 Å². The molecule has 2 aliphatic rings. The van der Waals surface area contributed by atoms with Crippen molar-refractivity contribution in [3.05, 3.63) is 29.8 Å². The summed E-state index contributed by atoms with van der Waals surface area (Å²) in [5.74, 6) is 0.783. The van der Waals surface area contributed by atoms with Crippen LogP contribution in [0.1, 0.15) is 31.7 Å². The monoisotopic (exact) mass is 317 g/mol. The van der Waals surface area contributed by atoms with Crippen molar-refractivity contribution < 1.29 is 9.90 Å². The highest BCUT2D eigenvalue weighted by Gasteiger charge is 2.27. The summed E-state index contributed by atoms with van der Waals surface area (Å²) in [5.41, 5.74) is 2.10. The van der Waals surface area contributed by atoms with Crippen LogP contribution in [0.15, 0.2) is 24.3 Å². The topological polar surface area (TPSA) is 64.6 Å². The average Bonchev–Trinajstić information content (AvgIpc) is 2.98. The lowest BCUT2D eigenvalue weighted by Gasteiger charge is -2.30. The van der Waals surface area contributed by atoms with Gasteiger partial charge in [-0.05, 0) is 56.0 Å². The molecule has 3 N–H and O–H groups in total. The molecule has 0 bridgehead atoms. The highest BCUT2D eigenvalue weighted by Crippen LogP contribution is 2.19. The first-order valence-electron chi connectivity index (χ1n) is 8.64. The van der Waals surface area contributed by atoms with E-state index < -0.39 is 6.10 Å². The van der Waals surface area contributed by atoms with Crippen LogP contribution in [0.3, 0.4) is 0 Å². The van der Waals surface area contributed by atoms with E-state index in [0.717, 1.165) is 18.2 Å². The molecule has 2 fully saturated rings. The number of benzene rings is 1. The van der Waals surface area contributed by atoms with E-state index in [-0.39, 0.29) is 11.9 Å². The van der Waals surface area contributed by atoms with Gasteiger partial charge in [0.1, 0.15) is 0 Å². The summed E-state index contributed by atoms with van der Waals surface area (Å²) >= 11 is 0. The number of piperidine rings is 1. The molecule has 23 heavy (non-hydrogen) atoms. The number of likely N-dealkylation sites (tertiary alicyclic amines) is 1. The molecule has 5 nitrogen and oxygen atoms in total. The fourth-order valence-electron chi connectivity index (χ4n) is 3.32. The predicted octanol–water partition coefficient (Wildman–Crippen LogP) is 1.58. The molecule has 2 atom stereocenters. The summed E-state index contributed by atoms with van der Waals surface area (Å²) in [6.07, 6.45) is 2.64. The van der Waals surface area contributed by atoms with E-state index in [0.29, 0.717) is 13.0 Å². The molecule has 1 aromatic rings. The fourth-order valence-corrected chi connectivity index (χ4v) is 3.32. The Labute approximate surface area is 138 Å². The molecular formula is C18H27N3O2. The normalized spacial score (nSPS) is 26.3. The van der Waals surface area contributed by atoms with Crippen LogP contribution in [0.25, 0.3) is 0 Å². The van der Waals surface area contributed by atoms with Crippen molar-refractivity contribution in [1.29, 1.82) is 0 Å². The Balaban J connectivity index is 1.50. The van der Waals surface area contributed by atoms with Gasteiger partial charge < -0.3 is 15.7 Å². The van der Waals surface area contributed by atoms with Crippen molar-refractivity contribution in [2.24, 2.45) is 5.92 Å². The first kappa shape index (κ1) is 16.4. The molecule has 0 radical (unpaired) electrons. The van der Waals surface area contributed by atoms with Crippen molar-refractivity contribution in [1.82, 2.24) is 10.2 Å². The third-order valence-corrected chi connectivity index (χ3v) is 4.93. The third-order valence-electron chi connectivity index (χ3n) is 4.93. The van der Waals surface area contributed by atoms with E-state index >= 15 is 0 Å². The third kappa shape index (κ3) is 4.53. The number of hydrogen-bond acceptors (Lipinski definition) is 4. The Morgan fingerprint density at radius 3 is 2.61 bits per heavy atom. The lowest BCUT2D eigenvalue weighted by molar-refractivity contribution is -0.117. The zero-order valence-electron chi connectivity index (χ0n) is 13.8. The number of aliphatic hydroxyl groups excluding tert-OH is 1. The highest BCUT2D eigenvalue weighted by atomic mass is 16.3. The number of nitrogens with one attached hydrogen (secondary N) is 2. The highest BCUT2D eigenvalue weighted by molar-refractivity contribution is 5.95. The molecule has 1 aromatic carbocycles. The molecule has 2 unspecified atom stereocenters. The van der Waals surface area contributed by atoms with Crippen molar-refractivity contribution in [3.63, 3.8) is 0 Å². The van der Waals surface area contributed by atoms with Gasteiger partial charge in [-0.15, -0.1) is 0 Å². The van der Waals surface area contributed by atoms with Crippen molar-refractivity contribution in [2.45, 2.75) is 44.9 Å². The first-order valence-corrected chi connectivity index (χ1v) is 8.64. The largest absolute Gasteiger partial charge is 0.392 e. The zero-order valence-corrected chi connectivity index (χ0v) is 13.8. The van der Waals surface area contributed by atoms with Gasteiger partial charge in [-0.3, -0.25) is 9.69 Å². The number of β-amino-alcohol motifs (C(OH)–C–C–N with tert-alkyl or cyclic N) is 1. The van der Waals surface area contributed by atoms with Crippen LogP contribution in [0.4, 0.5) is 5.69 Å². The molecule has 2 heterocycles. The van der Waals surface area contributed by atoms with Crippen LogP contribution in [0.5, 0.6) is 0 Å². The SMILES string of the molecule is CC1CCN(Cc2ccc(NC(=O)C3CC(O)CN3)cc2)CC1. The summed E-state index contributed by atoms with van der Waals surface area (Å²) in [6.45, 7) is 6.15. The summed E-state index contributed by atoms with van der Waals surface area (Å²) in [5, 5.41) is 15.4. The van der Waals surface area contributed by atoms with Gasteiger partial charge in [-0.25, -0.2) is 0 Å². The number of carbonyl (C=O) groups excluding carboxylic acids is 1. The van der Waals surface area contributed by atoms with Gasteiger partial charge in [0.15, 0.2) is 0 Å². The van der Waals surface area contributed by atoms with E-state index in [1.54, 1.807) is 0 Å². The molecule has 0 aliphatic carbocycles. The molecule has 0 spiro atoms. The molecule has 2 aliphatic heterocycles.